The number of hydrogen-bond donors (Lipinski definition) is 0. The van der Waals surface area contributed by atoms with E-state index in [-0.39, 0.29) is 18.0 Å². The highest BCUT2D eigenvalue weighted by molar-refractivity contribution is 7.10. The number of carbonyl (C=O) groups is 1. The third kappa shape index (κ3) is 3.30. The van der Waals surface area contributed by atoms with Crippen molar-refractivity contribution >= 4 is 17.2 Å². The molecule has 2 aromatic rings. The number of benzene rings is 1. The summed E-state index contributed by atoms with van der Waals surface area (Å²) in [6, 6.07) is 13.3. The van der Waals surface area contributed by atoms with Crippen molar-refractivity contribution < 1.29 is 4.79 Å². The van der Waals surface area contributed by atoms with Gasteiger partial charge in [-0.15, -0.1) is 17.8 Å². The number of amides is 1. The Morgan fingerprint density at radius 1 is 1.27 bits per heavy atom. The highest BCUT2D eigenvalue weighted by atomic mass is 32.1. The summed E-state index contributed by atoms with van der Waals surface area (Å²) in [6.45, 7) is 1.78. The number of nitrogens with zero attached hydrogens (tertiary/aromatic N) is 2. The Bertz CT molecular complexity index is 808. The molecule has 0 N–H and O–H groups in total. The molecule has 1 aromatic carbocycles. The van der Waals surface area contributed by atoms with Gasteiger partial charge in [0.25, 0.3) is 0 Å². The van der Waals surface area contributed by atoms with Crippen molar-refractivity contribution in [3.8, 4) is 12.3 Å². The fraction of sp³-hybridized carbons (Fsp3) is 0.409. The van der Waals surface area contributed by atoms with Crippen LogP contribution < -0.4 is 0 Å². The molecule has 3 nitrogen and oxygen atoms in total. The van der Waals surface area contributed by atoms with Crippen LogP contribution in [0.5, 0.6) is 0 Å². The lowest BCUT2D eigenvalue weighted by atomic mass is 10.1. The third-order valence-electron chi connectivity index (χ3n) is 5.62. The van der Waals surface area contributed by atoms with Crippen molar-refractivity contribution in [3.63, 3.8) is 0 Å². The van der Waals surface area contributed by atoms with Gasteiger partial charge < -0.3 is 4.90 Å². The van der Waals surface area contributed by atoms with Gasteiger partial charge in [-0.25, -0.2) is 0 Å². The van der Waals surface area contributed by atoms with Crippen molar-refractivity contribution in [3.05, 3.63) is 57.8 Å². The van der Waals surface area contributed by atoms with Gasteiger partial charge in [0, 0.05) is 17.5 Å². The summed E-state index contributed by atoms with van der Waals surface area (Å²) >= 11 is 1.75. The van der Waals surface area contributed by atoms with Gasteiger partial charge in [0.05, 0.1) is 19.1 Å². The van der Waals surface area contributed by atoms with E-state index in [4.69, 9.17) is 6.42 Å². The minimum absolute atomic E-state index is 0.209. The molecular formula is C22H24N2OS. The fourth-order valence-electron chi connectivity index (χ4n) is 4.41. The first kappa shape index (κ1) is 17.3. The molecule has 1 aliphatic carbocycles. The second-order valence-electron chi connectivity index (χ2n) is 7.12. The molecule has 2 heterocycles. The molecule has 1 amide bonds. The molecule has 1 fully saturated rings. The lowest BCUT2D eigenvalue weighted by Gasteiger charge is -2.31. The van der Waals surface area contributed by atoms with Crippen LogP contribution in [0.15, 0.2) is 41.8 Å². The van der Waals surface area contributed by atoms with Gasteiger partial charge in [-0.2, -0.15) is 0 Å². The minimum Gasteiger partial charge on any atom is -0.334 e. The maximum atomic E-state index is 13.1. The molecule has 2 aliphatic rings. The number of thiophene rings is 1. The van der Waals surface area contributed by atoms with Crippen LogP contribution >= 0.6 is 11.3 Å². The van der Waals surface area contributed by atoms with Gasteiger partial charge in [0.2, 0.25) is 5.91 Å². The number of hydrogen-bond acceptors (Lipinski definition) is 3. The summed E-state index contributed by atoms with van der Waals surface area (Å²) in [6.07, 6.45) is 9.89. The van der Waals surface area contributed by atoms with Crippen LogP contribution in [0, 0.1) is 12.3 Å². The maximum Gasteiger partial charge on any atom is 0.237 e. The minimum atomic E-state index is 0.209. The molecule has 0 radical (unpaired) electrons. The summed E-state index contributed by atoms with van der Waals surface area (Å²) in [5.74, 6) is 2.98. The topological polar surface area (TPSA) is 23.6 Å². The number of rotatable bonds is 5. The number of aryl methyl sites for hydroxylation is 1. The van der Waals surface area contributed by atoms with Crippen molar-refractivity contribution in [2.75, 3.05) is 19.6 Å². The molecule has 4 heteroatoms. The highest BCUT2D eigenvalue weighted by Crippen LogP contribution is 2.37. The predicted octanol–water partition coefficient (Wildman–Crippen LogP) is 4.03. The SMILES string of the molecule is C#CCN(CC(=O)N1CCCC1c1cccs1)C1CCc2ccccc21. The molecule has 1 aromatic heterocycles. The Kier molecular flexibility index (Phi) is 5.10. The zero-order valence-corrected chi connectivity index (χ0v) is 15.8. The Hall–Kier alpha value is -2.09. The number of carbonyl (C=O) groups excluding carboxylic acids is 1. The van der Waals surface area contributed by atoms with Gasteiger partial charge in [-0.05, 0) is 48.3 Å². The lowest BCUT2D eigenvalue weighted by Crippen LogP contribution is -2.41. The highest BCUT2D eigenvalue weighted by Gasteiger charge is 2.34. The summed E-state index contributed by atoms with van der Waals surface area (Å²) < 4.78 is 0. The molecule has 4 rings (SSSR count). The first-order chi connectivity index (χ1) is 12.8. The van der Waals surface area contributed by atoms with Gasteiger partial charge in [0.1, 0.15) is 0 Å². The van der Waals surface area contributed by atoms with Crippen molar-refractivity contribution in [2.24, 2.45) is 0 Å². The van der Waals surface area contributed by atoms with Crippen LogP contribution in [0.2, 0.25) is 0 Å². The molecule has 1 saturated heterocycles. The number of likely N-dealkylation sites (tertiary alicyclic amines) is 1. The van der Waals surface area contributed by atoms with E-state index in [1.165, 1.54) is 16.0 Å². The molecule has 0 saturated carbocycles. The van der Waals surface area contributed by atoms with Crippen LogP contribution in [0.4, 0.5) is 0 Å². The Balaban J connectivity index is 1.50. The fourth-order valence-corrected chi connectivity index (χ4v) is 5.29. The van der Waals surface area contributed by atoms with E-state index in [1.54, 1.807) is 11.3 Å². The molecule has 2 atom stereocenters. The van der Waals surface area contributed by atoms with E-state index < -0.39 is 0 Å². The standard InChI is InChI=1S/C22H24N2OS/c1-2-13-23(19-12-11-17-7-3-4-8-18(17)19)16-22(25)24-14-5-9-20(24)21-10-6-15-26-21/h1,3-4,6-8,10,15,19-20H,5,9,11-14,16H2. The van der Waals surface area contributed by atoms with Crippen LogP contribution in [0.3, 0.4) is 0 Å². The second-order valence-corrected chi connectivity index (χ2v) is 8.10. The molecule has 0 spiro atoms. The van der Waals surface area contributed by atoms with Crippen molar-refractivity contribution in [1.82, 2.24) is 9.80 Å². The van der Waals surface area contributed by atoms with Crippen LogP contribution in [0.25, 0.3) is 0 Å². The first-order valence-corrected chi connectivity index (χ1v) is 10.2. The molecular weight excluding hydrogens is 340 g/mol. The second kappa shape index (κ2) is 7.65. The van der Waals surface area contributed by atoms with Crippen molar-refractivity contribution in [1.29, 1.82) is 0 Å². The number of terminal acetylenes is 1. The zero-order chi connectivity index (χ0) is 17.9. The van der Waals surface area contributed by atoms with Crippen LogP contribution in [0.1, 0.15) is 47.4 Å². The molecule has 1 aliphatic heterocycles. The van der Waals surface area contributed by atoms with Gasteiger partial charge in [-0.3, -0.25) is 9.69 Å². The van der Waals surface area contributed by atoms with Crippen LogP contribution in [-0.2, 0) is 11.2 Å². The lowest BCUT2D eigenvalue weighted by molar-refractivity contribution is -0.133. The van der Waals surface area contributed by atoms with E-state index in [0.29, 0.717) is 13.1 Å². The summed E-state index contributed by atoms with van der Waals surface area (Å²) in [5.41, 5.74) is 2.73. The monoisotopic (exact) mass is 364 g/mol. The smallest absolute Gasteiger partial charge is 0.237 e. The quantitative estimate of drug-likeness (QED) is 0.748. The Labute approximate surface area is 159 Å². The zero-order valence-electron chi connectivity index (χ0n) is 14.9. The van der Waals surface area contributed by atoms with E-state index >= 15 is 0 Å². The van der Waals surface area contributed by atoms with Gasteiger partial charge >= 0.3 is 0 Å². The summed E-state index contributed by atoms with van der Waals surface area (Å²) in [7, 11) is 0. The van der Waals surface area contributed by atoms with Crippen LogP contribution in [-0.4, -0.2) is 35.3 Å². The van der Waals surface area contributed by atoms with E-state index in [0.717, 1.165) is 32.2 Å². The molecule has 26 heavy (non-hydrogen) atoms. The van der Waals surface area contributed by atoms with Crippen molar-refractivity contribution in [2.45, 2.75) is 37.8 Å². The Morgan fingerprint density at radius 2 is 2.15 bits per heavy atom. The van der Waals surface area contributed by atoms with Gasteiger partial charge in [0.15, 0.2) is 0 Å². The van der Waals surface area contributed by atoms with E-state index in [2.05, 4.69) is 57.5 Å². The number of fused-ring (bicyclic) bond motifs is 1. The average molecular weight is 365 g/mol. The van der Waals surface area contributed by atoms with Gasteiger partial charge in [-0.1, -0.05) is 36.3 Å². The third-order valence-corrected chi connectivity index (χ3v) is 6.59. The largest absolute Gasteiger partial charge is 0.334 e. The normalized spacial score (nSPS) is 21.8. The molecule has 134 valence electrons. The summed E-state index contributed by atoms with van der Waals surface area (Å²) in [4.78, 5) is 18.7. The molecule has 0 bridgehead atoms. The Morgan fingerprint density at radius 3 is 2.96 bits per heavy atom. The maximum absolute atomic E-state index is 13.1. The first-order valence-electron chi connectivity index (χ1n) is 9.36. The average Bonchev–Trinajstić information content (AvgIpc) is 3.40. The van der Waals surface area contributed by atoms with E-state index in [9.17, 15) is 4.79 Å². The molecule has 2 unspecified atom stereocenters. The predicted molar refractivity (Wildman–Crippen MR) is 106 cm³/mol. The summed E-state index contributed by atoms with van der Waals surface area (Å²) in [5, 5.41) is 2.09. The van der Waals surface area contributed by atoms with E-state index in [1.807, 2.05) is 0 Å².